The summed E-state index contributed by atoms with van der Waals surface area (Å²) >= 11 is 0. The second-order valence-corrected chi connectivity index (χ2v) is 5.61. The van der Waals surface area contributed by atoms with Crippen LogP contribution < -0.4 is 0 Å². The van der Waals surface area contributed by atoms with E-state index in [0.717, 1.165) is 13.1 Å². The Labute approximate surface area is 90.2 Å². The number of carbonyl (C=O) groups is 1. The van der Waals surface area contributed by atoms with E-state index in [2.05, 4.69) is 4.90 Å². The van der Waals surface area contributed by atoms with Gasteiger partial charge in [-0.1, -0.05) is 0 Å². The summed E-state index contributed by atoms with van der Waals surface area (Å²) in [5.41, 5.74) is -0.112. The summed E-state index contributed by atoms with van der Waals surface area (Å²) in [4.78, 5) is 13.0. The van der Waals surface area contributed by atoms with Crippen LogP contribution in [0, 0.1) is 17.8 Å². The van der Waals surface area contributed by atoms with E-state index in [1.54, 1.807) is 0 Å². The molecule has 1 aliphatic heterocycles. The molecule has 2 fully saturated rings. The Bertz CT molecular complexity index is 259. The van der Waals surface area contributed by atoms with Gasteiger partial charge in [0.2, 0.25) is 0 Å². The Morgan fingerprint density at radius 3 is 2.33 bits per heavy atom. The maximum atomic E-state index is 10.7. The van der Waals surface area contributed by atoms with Gasteiger partial charge in [0.05, 0.1) is 18.2 Å². The SMILES string of the molecule is CC(C)(C)OCN1CC2C(C1)C2C(=O)O. The zero-order valence-electron chi connectivity index (χ0n) is 9.56. The molecule has 1 saturated heterocycles. The van der Waals surface area contributed by atoms with E-state index < -0.39 is 5.97 Å². The second-order valence-electron chi connectivity index (χ2n) is 5.61. The number of aliphatic carboxylic acids is 1. The molecule has 0 bridgehead atoms. The minimum atomic E-state index is -0.624. The molecule has 0 spiro atoms. The molecule has 1 saturated carbocycles. The van der Waals surface area contributed by atoms with Crippen molar-refractivity contribution >= 4 is 5.97 Å². The molecule has 0 radical (unpaired) electrons. The van der Waals surface area contributed by atoms with Gasteiger partial charge in [0.15, 0.2) is 0 Å². The van der Waals surface area contributed by atoms with Crippen LogP contribution >= 0.6 is 0 Å². The van der Waals surface area contributed by atoms with E-state index in [0.29, 0.717) is 18.6 Å². The number of carboxylic acid groups (broad SMARTS) is 1. The van der Waals surface area contributed by atoms with Crippen LogP contribution in [-0.2, 0) is 9.53 Å². The highest BCUT2D eigenvalue weighted by molar-refractivity contribution is 5.74. The molecule has 0 aromatic heterocycles. The van der Waals surface area contributed by atoms with Gasteiger partial charge in [-0.05, 0) is 32.6 Å². The van der Waals surface area contributed by atoms with E-state index in [-0.39, 0.29) is 11.5 Å². The molecule has 1 N–H and O–H groups in total. The lowest BCUT2D eigenvalue weighted by atomic mass is 10.2. The minimum Gasteiger partial charge on any atom is -0.481 e. The predicted molar refractivity (Wildman–Crippen MR) is 55.4 cm³/mol. The molecule has 4 heteroatoms. The number of hydrogen-bond donors (Lipinski definition) is 1. The van der Waals surface area contributed by atoms with Gasteiger partial charge in [-0.25, -0.2) is 0 Å². The summed E-state index contributed by atoms with van der Waals surface area (Å²) in [6.07, 6.45) is 0. The molecule has 15 heavy (non-hydrogen) atoms. The van der Waals surface area contributed by atoms with Crippen LogP contribution in [-0.4, -0.2) is 41.4 Å². The van der Waals surface area contributed by atoms with Crippen LogP contribution in [0.1, 0.15) is 20.8 Å². The first-order valence-corrected chi connectivity index (χ1v) is 5.47. The summed E-state index contributed by atoms with van der Waals surface area (Å²) in [5.74, 6) is 0.0643. The van der Waals surface area contributed by atoms with Crippen molar-refractivity contribution in [2.75, 3.05) is 19.8 Å². The molecule has 1 aliphatic carbocycles. The molecule has 2 atom stereocenters. The maximum Gasteiger partial charge on any atom is 0.307 e. The number of rotatable bonds is 3. The van der Waals surface area contributed by atoms with Crippen molar-refractivity contribution in [2.24, 2.45) is 17.8 Å². The van der Waals surface area contributed by atoms with E-state index in [9.17, 15) is 4.79 Å². The Kier molecular flexibility index (Phi) is 2.51. The van der Waals surface area contributed by atoms with Crippen molar-refractivity contribution in [1.82, 2.24) is 4.90 Å². The van der Waals surface area contributed by atoms with Crippen molar-refractivity contribution in [3.63, 3.8) is 0 Å². The molecule has 0 amide bonds. The molecule has 0 aromatic rings. The number of nitrogens with zero attached hydrogens (tertiary/aromatic N) is 1. The highest BCUT2D eigenvalue weighted by Crippen LogP contribution is 2.51. The van der Waals surface area contributed by atoms with Crippen LogP contribution in [0.15, 0.2) is 0 Å². The number of hydrogen-bond acceptors (Lipinski definition) is 3. The zero-order chi connectivity index (χ0) is 11.2. The standard InChI is InChI=1S/C11H19NO3/c1-11(2,3)15-6-12-4-7-8(5-12)9(7)10(13)14/h7-9H,4-6H2,1-3H3,(H,13,14). The second kappa shape index (κ2) is 3.46. The largest absolute Gasteiger partial charge is 0.481 e. The normalized spacial score (nSPS) is 35.3. The summed E-state index contributed by atoms with van der Waals surface area (Å²) < 4.78 is 5.66. The first kappa shape index (κ1) is 10.9. The summed E-state index contributed by atoms with van der Waals surface area (Å²) in [6, 6.07) is 0. The fourth-order valence-corrected chi connectivity index (χ4v) is 2.37. The third-order valence-electron chi connectivity index (χ3n) is 3.23. The van der Waals surface area contributed by atoms with Gasteiger partial charge in [-0.3, -0.25) is 9.69 Å². The van der Waals surface area contributed by atoms with Crippen LogP contribution in [0.2, 0.25) is 0 Å². The van der Waals surface area contributed by atoms with Gasteiger partial charge >= 0.3 is 5.97 Å². The lowest BCUT2D eigenvalue weighted by Gasteiger charge is -2.25. The monoisotopic (exact) mass is 213 g/mol. The molecule has 4 nitrogen and oxygen atoms in total. The first-order chi connectivity index (χ1) is 6.88. The van der Waals surface area contributed by atoms with Gasteiger partial charge in [0.1, 0.15) is 0 Å². The van der Waals surface area contributed by atoms with Gasteiger partial charge < -0.3 is 9.84 Å². The fourth-order valence-electron chi connectivity index (χ4n) is 2.37. The van der Waals surface area contributed by atoms with Gasteiger partial charge in [0, 0.05) is 13.1 Å². The smallest absolute Gasteiger partial charge is 0.307 e. The molecular formula is C11H19NO3. The number of fused-ring (bicyclic) bond motifs is 1. The van der Waals surface area contributed by atoms with Crippen molar-refractivity contribution in [2.45, 2.75) is 26.4 Å². The van der Waals surface area contributed by atoms with Crippen molar-refractivity contribution in [1.29, 1.82) is 0 Å². The number of ether oxygens (including phenoxy) is 1. The van der Waals surface area contributed by atoms with Gasteiger partial charge in [0.25, 0.3) is 0 Å². The Morgan fingerprint density at radius 1 is 1.40 bits per heavy atom. The predicted octanol–water partition coefficient (Wildman–Crippen LogP) is 1.02. The van der Waals surface area contributed by atoms with E-state index in [1.165, 1.54) is 0 Å². The van der Waals surface area contributed by atoms with Crippen molar-refractivity contribution < 1.29 is 14.6 Å². The van der Waals surface area contributed by atoms with Crippen LogP contribution in [0.4, 0.5) is 0 Å². The average Bonchev–Trinajstić information content (AvgIpc) is 2.59. The molecule has 2 rings (SSSR count). The number of carboxylic acids is 1. The summed E-state index contributed by atoms with van der Waals surface area (Å²) in [5, 5.41) is 8.85. The maximum absolute atomic E-state index is 10.7. The highest BCUT2D eigenvalue weighted by atomic mass is 16.5. The topological polar surface area (TPSA) is 49.8 Å². The quantitative estimate of drug-likeness (QED) is 0.760. The highest BCUT2D eigenvalue weighted by Gasteiger charge is 2.59. The summed E-state index contributed by atoms with van der Waals surface area (Å²) in [7, 11) is 0. The molecular weight excluding hydrogens is 194 g/mol. The fraction of sp³-hybridized carbons (Fsp3) is 0.909. The number of likely N-dealkylation sites (tertiary alicyclic amines) is 1. The average molecular weight is 213 g/mol. The Balaban J connectivity index is 1.72. The van der Waals surface area contributed by atoms with E-state index >= 15 is 0 Å². The van der Waals surface area contributed by atoms with E-state index in [1.807, 2.05) is 20.8 Å². The van der Waals surface area contributed by atoms with Crippen molar-refractivity contribution in [3.8, 4) is 0 Å². The van der Waals surface area contributed by atoms with Crippen LogP contribution in [0.25, 0.3) is 0 Å². The molecule has 2 unspecified atom stereocenters. The Hall–Kier alpha value is -0.610. The lowest BCUT2D eigenvalue weighted by Crippen LogP contribution is -2.33. The number of piperidine rings is 1. The lowest BCUT2D eigenvalue weighted by molar-refractivity contribution is -0.140. The summed E-state index contributed by atoms with van der Waals surface area (Å²) in [6.45, 7) is 8.50. The molecule has 0 aromatic carbocycles. The minimum absolute atomic E-state index is 0.0733. The molecule has 2 aliphatic rings. The van der Waals surface area contributed by atoms with Crippen LogP contribution in [0.5, 0.6) is 0 Å². The van der Waals surface area contributed by atoms with Crippen molar-refractivity contribution in [3.05, 3.63) is 0 Å². The molecule has 1 heterocycles. The molecule has 86 valence electrons. The third kappa shape index (κ3) is 2.32. The Morgan fingerprint density at radius 2 is 1.93 bits per heavy atom. The van der Waals surface area contributed by atoms with E-state index in [4.69, 9.17) is 9.84 Å². The van der Waals surface area contributed by atoms with Gasteiger partial charge in [-0.2, -0.15) is 0 Å². The van der Waals surface area contributed by atoms with Gasteiger partial charge in [-0.15, -0.1) is 0 Å². The zero-order valence-corrected chi connectivity index (χ0v) is 9.56. The third-order valence-corrected chi connectivity index (χ3v) is 3.23. The first-order valence-electron chi connectivity index (χ1n) is 5.47. The van der Waals surface area contributed by atoms with Crippen LogP contribution in [0.3, 0.4) is 0 Å².